The number of carboxylic acid groups (broad SMARTS) is 1. The first kappa shape index (κ1) is 16.8. The molecular weight excluding hydrogens is 339 g/mol. The van der Waals surface area contributed by atoms with Gasteiger partial charge in [0.2, 0.25) is 5.43 Å². The zero-order valence-electron chi connectivity index (χ0n) is 14.7. The van der Waals surface area contributed by atoms with Crippen molar-refractivity contribution in [1.82, 2.24) is 9.99 Å². The van der Waals surface area contributed by atoms with Crippen molar-refractivity contribution in [3.63, 3.8) is 0 Å². The smallest absolute Gasteiger partial charge is 0.341 e. The van der Waals surface area contributed by atoms with E-state index in [1.807, 2.05) is 23.8 Å². The molecule has 26 heavy (non-hydrogen) atoms. The Hall–Kier alpha value is -2.61. The summed E-state index contributed by atoms with van der Waals surface area (Å²) in [5.74, 6) is -1.81. The summed E-state index contributed by atoms with van der Waals surface area (Å²) in [4.78, 5) is 25.9. The second-order valence-electron chi connectivity index (χ2n) is 7.17. The summed E-state index contributed by atoms with van der Waals surface area (Å²) in [6, 6.07) is 3.28. The molecule has 8 heteroatoms. The maximum atomic E-state index is 14.8. The molecule has 138 valence electrons. The number of rotatable bonds is 3. The monoisotopic (exact) mass is 360 g/mol. The van der Waals surface area contributed by atoms with Gasteiger partial charge in [-0.15, -0.1) is 0 Å². The van der Waals surface area contributed by atoms with Gasteiger partial charge in [-0.3, -0.25) is 9.47 Å². The summed E-state index contributed by atoms with van der Waals surface area (Å²) in [5.41, 5.74) is -0.0254. The van der Waals surface area contributed by atoms with Gasteiger partial charge in [-0.05, 0) is 26.0 Å². The van der Waals surface area contributed by atoms with Gasteiger partial charge in [0, 0.05) is 31.4 Å². The Balaban J connectivity index is 1.91. The number of hydrogen-bond acceptors (Lipinski definition) is 5. The predicted octanol–water partition coefficient (Wildman–Crippen LogP) is 0.977. The normalized spacial score (nSPS) is 22.7. The number of hydrogen-bond donors (Lipinski definition) is 2. The highest BCUT2D eigenvalue weighted by molar-refractivity contribution is 5.93. The van der Waals surface area contributed by atoms with Crippen LogP contribution in [-0.2, 0) is 0 Å². The van der Waals surface area contributed by atoms with Crippen LogP contribution < -0.4 is 20.7 Å². The molecule has 0 saturated carbocycles. The first-order valence-electron chi connectivity index (χ1n) is 8.73. The van der Waals surface area contributed by atoms with Crippen molar-refractivity contribution in [3.8, 4) is 0 Å². The quantitative estimate of drug-likeness (QED) is 0.795. The molecule has 7 nitrogen and oxygen atoms in total. The van der Waals surface area contributed by atoms with E-state index in [1.165, 1.54) is 12.3 Å². The first-order chi connectivity index (χ1) is 12.3. The van der Waals surface area contributed by atoms with Crippen LogP contribution in [-0.4, -0.2) is 54.0 Å². The maximum absolute atomic E-state index is 14.8. The molecule has 1 aromatic heterocycles. The van der Waals surface area contributed by atoms with Gasteiger partial charge in [-0.1, -0.05) is 0 Å². The van der Waals surface area contributed by atoms with Crippen LogP contribution in [0.1, 0.15) is 24.2 Å². The molecular formula is C18H21FN4O3. The number of anilines is 1. The molecule has 2 aliphatic heterocycles. The molecule has 0 bridgehead atoms. The Morgan fingerprint density at radius 1 is 1.23 bits per heavy atom. The number of fused-ring (bicyclic) bond motifs is 1. The number of nitrogens with zero attached hydrogens (tertiary/aromatic N) is 3. The van der Waals surface area contributed by atoms with Crippen LogP contribution in [0, 0.1) is 5.82 Å². The van der Waals surface area contributed by atoms with E-state index in [-0.39, 0.29) is 23.0 Å². The van der Waals surface area contributed by atoms with Crippen molar-refractivity contribution < 1.29 is 14.3 Å². The van der Waals surface area contributed by atoms with E-state index in [1.54, 1.807) is 10.7 Å². The highest BCUT2D eigenvalue weighted by Crippen LogP contribution is 2.27. The van der Waals surface area contributed by atoms with Crippen LogP contribution in [0.3, 0.4) is 0 Å². The fourth-order valence-corrected chi connectivity index (χ4v) is 3.73. The number of halogens is 1. The molecule has 4 rings (SSSR count). The summed E-state index contributed by atoms with van der Waals surface area (Å²) >= 11 is 0. The van der Waals surface area contributed by atoms with Crippen molar-refractivity contribution in [3.05, 3.63) is 39.9 Å². The predicted molar refractivity (Wildman–Crippen MR) is 97.3 cm³/mol. The van der Waals surface area contributed by atoms with Crippen LogP contribution in [0.2, 0.25) is 0 Å². The molecule has 0 spiro atoms. The van der Waals surface area contributed by atoms with Crippen LogP contribution in [0.25, 0.3) is 10.9 Å². The molecule has 3 heterocycles. The largest absolute Gasteiger partial charge is 0.477 e. The number of aromatic nitrogens is 1. The minimum absolute atomic E-state index is 0.0919. The van der Waals surface area contributed by atoms with E-state index in [0.717, 1.165) is 13.1 Å². The van der Waals surface area contributed by atoms with Gasteiger partial charge in [-0.25, -0.2) is 9.18 Å². The molecule has 2 aliphatic rings. The lowest BCUT2D eigenvalue weighted by Gasteiger charge is -2.38. The number of piperazine rings is 1. The van der Waals surface area contributed by atoms with E-state index < -0.39 is 17.2 Å². The summed E-state index contributed by atoms with van der Waals surface area (Å²) in [7, 11) is 0. The Morgan fingerprint density at radius 2 is 1.88 bits per heavy atom. The highest BCUT2D eigenvalue weighted by Gasteiger charge is 2.27. The maximum Gasteiger partial charge on any atom is 0.341 e. The average Bonchev–Trinajstić information content (AvgIpc) is 3.38. The number of benzene rings is 1. The summed E-state index contributed by atoms with van der Waals surface area (Å²) in [6.07, 6.45) is 1.34. The Kier molecular flexibility index (Phi) is 3.87. The molecule has 2 aromatic rings. The third-order valence-electron chi connectivity index (χ3n) is 4.91. The summed E-state index contributed by atoms with van der Waals surface area (Å²) < 4.78 is 16.5. The number of carbonyl (C=O) groups is 1. The van der Waals surface area contributed by atoms with Crippen molar-refractivity contribution >= 4 is 22.6 Å². The SMILES string of the molecule is CC1CN(c2cc3c(cc2F)c(=O)c(C(=O)O)cn3N2CC2)CC(C)N1. The fourth-order valence-electron chi connectivity index (χ4n) is 3.73. The number of carboxylic acids is 1. The number of aromatic carboxylic acids is 1. The van der Waals surface area contributed by atoms with E-state index in [4.69, 9.17) is 0 Å². The highest BCUT2D eigenvalue weighted by atomic mass is 19.1. The lowest BCUT2D eigenvalue weighted by molar-refractivity contribution is 0.0695. The molecule has 2 saturated heterocycles. The van der Waals surface area contributed by atoms with Crippen LogP contribution in [0.4, 0.5) is 10.1 Å². The van der Waals surface area contributed by atoms with Gasteiger partial charge in [0.25, 0.3) is 0 Å². The van der Waals surface area contributed by atoms with E-state index in [9.17, 15) is 19.1 Å². The van der Waals surface area contributed by atoms with Gasteiger partial charge in [0.05, 0.1) is 29.7 Å². The zero-order chi connectivity index (χ0) is 18.6. The third kappa shape index (κ3) is 2.80. The summed E-state index contributed by atoms with van der Waals surface area (Å²) in [5, 5.41) is 14.7. The topological polar surface area (TPSA) is 77.6 Å². The van der Waals surface area contributed by atoms with E-state index in [2.05, 4.69) is 5.32 Å². The van der Waals surface area contributed by atoms with Crippen LogP contribution >= 0.6 is 0 Å². The second-order valence-corrected chi connectivity index (χ2v) is 7.17. The number of nitrogens with one attached hydrogen (secondary N) is 1. The second kappa shape index (κ2) is 5.98. The molecule has 2 N–H and O–H groups in total. The van der Waals surface area contributed by atoms with Crippen molar-refractivity contribution in [2.24, 2.45) is 0 Å². The number of pyridine rings is 1. The lowest BCUT2D eigenvalue weighted by Crippen LogP contribution is -2.54. The van der Waals surface area contributed by atoms with Gasteiger partial charge in [0.15, 0.2) is 0 Å². The minimum atomic E-state index is -1.30. The Morgan fingerprint density at radius 3 is 2.46 bits per heavy atom. The van der Waals surface area contributed by atoms with E-state index in [0.29, 0.717) is 24.3 Å². The molecule has 0 radical (unpaired) electrons. The molecule has 2 atom stereocenters. The van der Waals surface area contributed by atoms with Gasteiger partial charge in [-0.2, -0.15) is 0 Å². The first-order valence-corrected chi connectivity index (χ1v) is 8.73. The van der Waals surface area contributed by atoms with Crippen molar-refractivity contribution in [2.45, 2.75) is 25.9 Å². The molecule has 2 fully saturated rings. The Bertz CT molecular complexity index is 944. The summed E-state index contributed by atoms with van der Waals surface area (Å²) in [6.45, 7) is 6.96. The van der Waals surface area contributed by atoms with Gasteiger partial charge >= 0.3 is 5.97 Å². The van der Waals surface area contributed by atoms with Crippen molar-refractivity contribution in [1.29, 1.82) is 0 Å². The van der Waals surface area contributed by atoms with Crippen LogP contribution in [0.15, 0.2) is 23.1 Å². The molecule has 1 aromatic carbocycles. The lowest BCUT2D eigenvalue weighted by atomic mass is 10.1. The minimum Gasteiger partial charge on any atom is -0.477 e. The third-order valence-corrected chi connectivity index (χ3v) is 4.91. The Labute approximate surface area is 149 Å². The fraction of sp³-hybridized carbons (Fsp3) is 0.444. The molecule has 0 amide bonds. The standard InChI is InChI=1S/C18H21FN4O3/c1-10-7-21(8-11(2)20-10)16-6-15-12(5-14(16)19)17(24)13(18(25)26)9-23(15)22-3-4-22/h5-6,9-11,20H,3-4,7-8H2,1-2H3,(H,25,26). The molecule has 0 aliphatic carbocycles. The van der Waals surface area contributed by atoms with Gasteiger partial charge < -0.3 is 20.3 Å². The van der Waals surface area contributed by atoms with Crippen molar-refractivity contribution in [2.75, 3.05) is 36.1 Å². The van der Waals surface area contributed by atoms with E-state index >= 15 is 0 Å². The van der Waals surface area contributed by atoms with Gasteiger partial charge in [0.1, 0.15) is 11.4 Å². The van der Waals surface area contributed by atoms with Crippen LogP contribution in [0.5, 0.6) is 0 Å². The zero-order valence-corrected chi connectivity index (χ0v) is 14.7. The molecule has 2 unspecified atom stereocenters. The average molecular weight is 360 g/mol.